The first-order chi connectivity index (χ1) is 10.2. The lowest BCUT2D eigenvalue weighted by Crippen LogP contribution is -2.04. The lowest BCUT2D eigenvalue weighted by atomic mass is 10.0. The number of aromatic hydroxyl groups is 1. The van der Waals surface area contributed by atoms with E-state index in [-0.39, 0.29) is 11.3 Å². The maximum Gasteiger partial charge on any atom is 0.342 e. The lowest BCUT2D eigenvalue weighted by molar-refractivity contribution is 0.0597. The van der Waals surface area contributed by atoms with Crippen LogP contribution in [0.25, 0.3) is 12.2 Å². The highest BCUT2D eigenvalue weighted by molar-refractivity contribution is 5.98. The van der Waals surface area contributed by atoms with E-state index in [4.69, 9.17) is 9.47 Å². The summed E-state index contributed by atoms with van der Waals surface area (Å²) in [5.74, 6) is -0.338. The molecule has 1 heterocycles. The number of benzene rings is 1. The molecule has 5 heteroatoms. The zero-order valence-electron chi connectivity index (χ0n) is 11.7. The molecule has 0 fully saturated rings. The maximum absolute atomic E-state index is 11.8. The number of phenolic OH excluding ortho intramolecular Hbond substituents is 1. The molecule has 0 spiro atoms. The van der Waals surface area contributed by atoms with E-state index in [1.165, 1.54) is 20.3 Å². The molecule has 0 aliphatic heterocycles. The number of ether oxygens (including phenoxy) is 2. The fourth-order valence-corrected chi connectivity index (χ4v) is 1.86. The van der Waals surface area contributed by atoms with E-state index in [1.54, 1.807) is 24.5 Å². The Bertz CT molecular complexity index is 665. The predicted octanol–water partition coefficient (Wildman–Crippen LogP) is 2.75. The van der Waals surface area contributed by atoms with Crippen LogP contribution in [0.5, 0.6) is 11.5 Å². The molecule has 1 N–H and O–H groups in total. The minimum absolute atomic E-state index is 0.101. The van der Waals surface area contributed by atoms with Crippen molar-refractivity contribution in [2.75, 3.05) is 14.2 Å². The highest BCUT2D eigenvalue weighted by Crippen LogP contribution is 2.29. The van der Waals surface area contributed by atoms with E-state index in [9.17, 15) is 9.90 Å². The van der Waals surface area contributed by atoms with Crippen LogP contribution in [0, 0.1) is 0 Å². The van der Waals surface area contributed by atoms with Gasteiger partial charge in [-0.1, -0.05) is 12.2 Å². The molecule has 0 saturated carbocycles. The standard InChI is InChI=1S/C16H15NO4/c1-20-13-9-12(4-3-11-5-7-17-8-6-11)15(14(18)10-13)16(19)21-2/h3-10,18H,1-2H3/b4-3+. The Kier molecular flexibility index (Phi) is 4.56. The van der Waals surface area contributed by atoms with E-state index < -0.39 is 5.97 Å². The van der Waals surface area contributed by atoms with E-state index in [1.807, 2.05) is 18.2 Å². The summed E-state index contributed by atoms with van der Waals surface area (Å²) >= 11 is 0. The average molecular weight is 285 g/mol. The summed E-state index contributed by atoms with van der Waals surface area (Å²) < 4.78 is 9.80. The van der Waals surface area contributed by atoms with Gasteiger partial charge in [-0.25, -0.2) is 4.79 Å². The topological polar surface area (TPSA) is 68.7 Å². The third-order valence-corrected chi connectivity index (χ3v) is 2.91. The minimum Gasteiger partial charge on any atom is -0.507 e. The van der Waals surface area contributed by atoms with Gasteiger partial charge in [0, 0.05) is 18.5 Å². The van der Waals surface area contributed by atoms with Crippen LogP contribution in [0.2, 0.25) is 0 Å². The molecule has 0 bridgehead atoms. The summed E-state index contributed by atoms with van der Waals surface area (Å²) in [7, 11) is 2.76. The van der Waals surface area contributed by atoms with Crippen LogP contribution in [0.15, 0.2) is 36.7 Å². The largest absolute Gasteiger partial charge is 0.507 e. The number of carbonyl (C=O) groups is 1. The third-order valence-electron chi connectivity index (χ3n) is 2.91. The Balaban J connectivity index is 2.47. The van der Waals surface area contributed by atoms with Gasteiger partial charge in [0.05, 0.1) is 14.2 Å². The monoisotopic (exact) mass is 285 g/mol. The van der Waals surface area contributed by atoms with Gasteiger partial charge >= 0.3 is 5.97 Å². The van der Waals surface area contributed by atoms with E-state index in [0.717, 1.165) is 5.56 Å². The summed E-state index contributed by atoms with van der Waals surface area (Å²) in [6, 6.07) is 6.68. The van der Waals surface area contributed by atoms with Gasteiger partial charge in [0.1, 0.15) is 17.1 Å². The number of pyridine rings is 1. The smallest absolute Gasteiger partial charge is 0.342 e. The van der Waals surface area contributed by atoms with E-state index in [0.29, 0.717) is 11.3 Å². The van der Waals surface area contributed by atoms with E-state index >= 15 is 0 Å². The van der Waals surface area contributed by atoms with Gasteiger partial charge in [0.15, 0.2) is 0 Å². The molecule has 108 valence electrons. The summed E-state index contributed by atoms with van der Waals surface area (Å²) in [6.45, 7) is 0. The molecule has 0 saturated heterocycles. The summed E-state index contributed by atoms with van der Waals surface area (Å²) in [6.07, 6.45) is 6.86. The molecule has 1 aromatic heterocycles. The molecule has 0 atom stereocenters. The number of phenols is 1. The molecule has 5 nitrogen and oxygen atoms in total. The van der Waals surface area contributed by atoms with Crippen molar-refractivity contribution >= 4 is 18.1 Å². The maximum atomic E-state index is 11.8. The van der Waals surface area contributed by atoms with Gasteiger partial charge in [-0.2, -0.15) is 0 Å². The quantitative estimate of drug-likeness (QED) is 0.875. The van der Waals surface area contributed by atoms with Gasteiger partial charge in [0.2, 0.25) is 0 Å². The van der Waals surface area contributed by atoms with E-state index in [2.05, 4.69) is 4.98 Å². The number of nitrogens with zero attached hydrogens (tertiary/aromatic N) is 1. The third kappa shape index (κ3) is 3.39. The predicted molar refractivity (Wildman–Crippen MR) is 79.2 cm³/mol. The molecule has 0 aliphatic rings. The molecule has 0 aliphatic carbocycles. The first-order valence-electron chi connectivity index (χ1n) is 6.23. The molecule has 2 aromatic rings. The fraction of sp³-hybridized carbons (Fsp3) is 0.125. The summed E-state index contributed by atoms with van der Waals surface area (Å²) in [5.41, 5.74) is 1.53. The first-order valence-corrected chi connectivity index (χ1v) is 6.23. The number of aromatic nitrogens is 1. The van der Waals surface area contributed by atoms with Crippen LogP contribution in [0.4, 0.5) is 0 Å². The van der Waals surface area contributed by atoms with Gasteiger partial charge in [0.25, 0.3) is 0 Å². The van der Waals surface area contributed by atoms with Crippen molar-refractivity contribution in [2.45, 2.75) is 0 Å². The van der Waals surface area contributed by atoms with Crippen molar-refractivity contribution in [1.82, 2.24) is 4.98 Å². The van der Waals surface area contributed by atoms with Crippen LogP contribution >= 0.6 is 0 Å². The molecule has 0 radical (unpaired) electrons. The Labute approximate surface area is 122 Å². The molecule has 1 aromatic carbocycles. The SMILES string of the molecule is COC(=O)c1c(O)cc(OC)cc1/C=C/c1ccncc1. The van der Waals surface area contributed by atoms with Crippen molar-refractivity contribution < 1.29 is 19.4 Å². The highest BCUT2D eigenvalue weighted by atomic mass is 16.5. The molecule has 0 amide bonds. The van der Waals surface area contributed by atoms with Crippen LogP contribution in [-0.4, -0.2) is 30.3 Å². The molecule has 21 heavy (non-hydrogen) atoms. The van der Waals surface area contributed by atoms with Crippen molar-refractivity contribution in [3.8, 4) is 11.5 Å². The normalized spacial score (nSPS) is 10.6. The van der Waals surface area contributed by atoms with Gasteiger partial charge in [-0.15, -0.1) is 0 Å². The Morgan fingerprint density at radius 3 is 2.52 bits per heavy atom. The average Bonchev–Trinajstić information content (AvgIpc) is 2.52. The number of hydrogen-bond acceptors (Lipinski definition) is 5. The molecule has 2 rings (SSSR count). The van der Waals surface area contributed by atoms with Crippen LogP contribution in [-0.2, 0) is 4.74 Å². The molecular formula is C16H15NO4. The fourth-order valence-electron chi connectivity index (χ4n) is 1.86. The first kappa shape index (κ1) is 14.6. The van der Waals surface area contributed by atoms with Gasteiger partial charge < -0.3 is 14.6 Å². The van der Waals surface area contributed by atoms with Crippen molar-refractivity contribution in [2.24, 2.45) is 0 Å². The summed E-state index contributed by atoms with van der Waals surface area (Å²) in [5, 5.41) is 9.98. The summed E-state index contributed by atoms with van der Waals surface area (Å²) in [4.78, 5) is 15.7. The molecular weight excluding hydrogens is 270 g/mol. The number of esters is 1. The van der Waals surface area contributed by atoms with Crippen molar-refractivity contribution in [1.29, 1.82) is 0 Å². The second-order valence-electron chi connectivity index (χ2n) is 4.22. The zero-order valence-corrected chi connectivity index (χ0v) is 11.7. The van der Waals surface area contributed by atoms with Crippen LogP contribution < -0.4 is 4.74 Å². The van der Waals surface area contributed by atoms with Crippen LogP contribution in [0.3, 0.4) is 0 Å². The van der Waals surface area contributed by atoms with Gasteiger partial charge in [-0.3, -0.25) is 4.98 Å². The number of methoxy groups -OCH3 is 2. The second-order valence-corrected chi connectivity index (χ2v) is 4.22. The van der Waals surface area contributed by atoms with Gasteiger partial charge in [-0.05, 0) is 29.3 Å². The zero-order chi connectivity index (χ0) is 15.2. The van der Waals surface area contributed by atoms with Crippen molar-refractivity contribution in [3.05, 3.63) is 53.3 Å². The number of hydrogen-bond donors (Lipinski definition) is 1. The Hall–Kier alpha value is -2.82. The Morgan fingerprint density at radius 1 is 1.19 bits per heavy atom. The Morgan fingerprint density at radius 2 is 1.90 bits per heavy atom. The lowest BCUT2D eigenvalue weighted by Gasteiger charge is -2.09. The minimum atomic E-state index is -0.607. The number of carbonyl (C=O) groups excluding carboxylic acids is 1. The highest BCUT2D eigenvalue weighted by Gasteiger charge is 2.17. The number of rotatable bonds is 4. The second kappa shape index (κ2) is 6.56. The molecule has 0 unspecified atom stereocenters. The van der Waals surface area contributed by atoms with Crippen LogP contribution in [0.1, 0.15) is 21.5 Å². The van der Waals surface area contributed by atoms with Crippen molar-refractivity contribution in [3.63, 3.8) is 0 Å².